The van der Waals surface area contributed by atoms with Crippen LogP contribution in [0.3, 0.4) is 0 Å². The predicted molar refractivity (Wildman–Crippen MR) is 85.7 cm³/mol. The van der Waals surface area contributed by atoms with E-state index in [1.807, 2.05) is 43.3 Å². The second-order valence-electron chi connectivity index (χ2n) is 5.37. The third-order valence-electron chi connectivity index (χ3n) is 3.86. The molecular weight excluding hydrogens is 278 g/mol. The molecule has 0 fully saturated rings. The number of hydrogen-bond donors (Lipinski definition) is 0. The zero-order chi connectivity index (χ0) is 15.5. The zero-order valence-corrected chi connectivity index (χ0v) is 12.8. The zero-order valence-electron chi connectivity index (χ0n) is 12.8. The molecule has 22 heavy (non-hydrogen) atoms. The van der Waals surface area contributed by atoms with Gasteiger partial charge in [-0.3, -0.25) is 4.79 Å². The van der Waals surface area contributed by atoms with Gasteiger partial charge in [-0.25, -0.2) is 0 Å². The molecule has 3 rings (SSSR count). The van der Waals surface area contributed by atoms with Crippen LogP contribution < -0.4 is 14.4 Å². The van der Waals surface area contributed by atoms with Gasteiger partial charge in [0.15, 0.2) is 18.1 Å². The molecule has 0 saturated carbocycles. The van der Waals surface area contributed by atoms with Crippen LogP contribution >= 0.6 is 0 Å². The molecule has 1 aliphatic rings. The van der Waals surface area contributed by atoms with E-state index in [1.165, 1.54) is 5.56 Å². The molecule has 0 unspecified atom stereocenters. The summed E-state index contributed by atoms with van der Waals surface area (Å²) in [5.41, 5.74) is 3.29. The van der Waals surface area contributed by atoms with E-state index in [1.54, 1.807) is 12.0 Å². The van der Waals surface area contributed by atoms with Gasteiger partial charge in [-0.1, -0.05) is 24.3 Å². The quantitative estimate of drug-likeness (QED) is 0.871. The maximum Gasteiger partial charge on any atom is 0.264 e. The van der Waals surface area contributed by atoms with Crippen molar-refractivity contribution >= 4 is 11.6 Å². The lowest BCUT2D eigenvalue weighted by atomic mass is 10.2. The lowest BCUT2D eigenvalue weighted by molar-refractivity contribution is -0.120. The van der Waals surface area contributed by atoms with Gasteiger partial charge in [0.1, 0.15) is 0 Å². The van der Waals surface area contributed by atoms with Crippen LogP contribution in [0.15, 0.2) is 42.5 Å². The summed E-state index contributed by atoms with van der Waals surface area (Å²) in [6.45, 7) is 2.71. The molecule has 2 aromatic carbocycles. The molecular formula is C18H19NO3. The Hall–Kier alpha value is -2.49. The SMILES string of the molecule is COc1cc(C)ccc1OCC(=O)N1CCc2ccccc21. The standard InChI is InChI=1S/C18H19NO3/c1-13-7-8-16(17(11-13)21-2)22-12-18(20)19-10-9-14-5-3-4-6-15(14)19/h3-8,11H,9-10,12H2,1-2H3. The lowest BCUT2D eigenvalue weighted by Crippen LogP contribution is -2.33. The monoisotopic (exact) mass is 297 g/mol. The molecule has 1 amide bonds. The first-order valence-electron chi connectivity index (χ1n) is 7.35. The predicted octanol–water partition coefficient (Wildman–Crippen LogP) is 2.97. The number of aryl methyl sites for hydroxylation is 1. The summed E-state index contributed by atoms with van der Waals surface area (Å²) in [6, 6.07) is 13.7. The Kier molecular flexibility index (Phi) is 4.00. The first-order valence-corrected chi connectivity index (χ1v) is 7.35. The van der Waals surface area contributed by atoms with Gasteiger partial charge in [0, 0.05) is 12.2 Å². The van der Waals surface area contributed by atoms with Gasteiger partial charge in [-0.2, -0.15) is 0 Å². The smallest absolute Gasteiger partial charge is 0.264 e. The van der Waals surface area contributed by atoms with Gasteiger partial charge in [-0.15, -0.1) is 0 Å². The van der Waals surface area contributed by atoms with Crippen molar-refractivity contribution < 1.29 is 14.3 Å². The van der Waals surface area contributed by atoms with E-state index in [0.717, 1.165) is 17.7 Å². The third-order valence-corrected chi connectivity index (χ3v) is 3.86. The molecule has 0 radical (unpaired) electrons. The van der Waals surface area contributed by atoms with E-state index in [2.05, 4.69) is 6.07 Å². The summed E-state index contributed by atoms with van der Waals surface area (Å²) in [5.74, 6) is 1.20. The average Bonchev–Trinajstić information content (AvgIpc) is 2.97. The maximum absolute atomic E-state index is 12.4. The minimum atomic E-state index is -0.0346. The largest absolute Gasteiger partial charge is 0.493 e. The normalized spacial score (nSPS) is 12.9. The summed E-state index contributed by atoms with van der Waals surface area (Å²) in [5, 5.41) is 0. The van der Waals surface area contributed by atoms with Crippen LogP contribution in [0.1, 0.15) is 11.1 Å². The molecule has 2 aromatic rings. The van der Waals surface area contributed by atoms with E-state index in [-0.39, 0.29) is 12.5 Å². The van der Waals surface area contributed by atoms with Gasteiger partial charge < -0.3 is 14.4 Å². The highest BCUT2D eigenvalue weighted by Crippen LogP contribution is 2.29. The van der Waals surface area contributed by atoms with Crippen molar-refractivity contribution in [3.63, 3.8) is 0 Å². The van der Waals surface area contributed by atoms with E-state index in [9.17, 15) is 4.79 Å². The fraction of sp³-hybridized carbons (Fsp3) is 0.278. The number of carbonyl (C=O) groups excluding carboxylic acids is 1. The number of fused-ring (bicyclic) bond motifs is 1. The fourth-order valence-corrected chi connectivity index (χ4v) is 2.71. The molecule has 4 heteroatoms. The third kappa shape index (κ3) is 2.77. The van der Waals surface area contributed by atoms with Crippen molar-refractivity contribution in [1.29, 1.82) is 0 Å². The number of rotatable bonds is 4. The fourth-order valence-electron chi connectivity index (χ4n) is 2.71. The van der Waals surface area contributed by atoms with E-state index in [0.29, 0.717) is 18.0 Å². The molecule has 114 valence electrons. The van der Waals surface area contributed by atoms with Crippen LogP contribution in [0.2, 0.25) is 0 Å². The molecule has 0 spiro atoms. The highest BCUT2D eigenvalue weighted by Gasteiger charge is 2.24. The van der Waals surface area contributed by atoms with Crippen molar-refractivity contribution in [2.24, 2.45) is 0 Å². The van der Waals surface area contributed by atoms with Gasteiger partial charge >= 0.3 is 0 Å². The minimum absolute atomic E-state index is 0.00769. The number of ether oxygens (including phenoxy) is 2. The number of nitrogens with zero attached hydrogens (tertiary/aromatic N) is 1. The average molecular weight is 297 g/mol. The maximum atomic E-state index is 12.4. The molecule has 1 aliphatic heterocycles. The van der Waals surface area contributed by atoms with Crippen LogP contribution in [-0.4, -0.2) is 26.2 Å². The van der Waals surface area contributed by atoms with Crippen LogP contribution in [0.5, 0.6) is 11.5 Å². The number of hydrogen-bond acceptors (Lipinski definition) is 3. The Morgan fingerprint density at radius 1 is 1.18 bits per heavy atom. The highest BCUT2D eigenvalue weighted by atomic mass is 16.5. The minimum Gasteiger partial charge on any atom is -0.493 e. The van der Waals surface area contributed by atoms with Crippen LogP contribution in [-0.2, 0) is 11.2 Å². The van der Waals surface area contributed by atoms with Crippen molar-refractivity contribution in [3.8, 4) is 11.5 Å². The first-order chi connectivity index (χ1) is 10.7. The topological polar surface area (TPSA) is 38.8 Å². The Morgan fingerprint density at radius 3 is 2.82 bits per heavy atom. The number of para-hydroxylation sites is 1. The van der Waals surface area contributed by atoms with E-state index < -0.39 is 0 Å². The van der Waals surface area contributed by atoms with Gasteiger partial charge in [0.05, 0.1) is 7.11 Å². The van der Waals surface area contributed by atoms with E-state index >= 15 is 0 Å². The molecule has 0 atom stereocenters. The summed E-state index contributed by atoms with van der Waals surface area (Å²) in [6.07, 6.45) is 0.899. The van der Waals surface area contributed by atoms with Gasteiger partial charge in [0.25, 0.3) is 5.91 Å². The Bertz CT molecular complexity index is 696. The Morgan fingerprint density at radius 2 is 2.00 bits per heavy atom. The van der Waals surface area contributed by atoms with Gasteiger partial charge in [0.2, 0.25) is 0 Å². The Labute approximate surface area is 130 Å². The number of benzene rings is 2. The van der Waals surface area contributed by atoms with E-state index in [4.69, 9.17) is 9.47 Å². The van der Waals surface area contributed by atoms with Crippen molar-refractivity contribution in [2.75, 3.05) is 25.2 Å². The molecule has 0 bridgehead atoms. The molecule has 0 aromatic heterocycles. The van der Waals surface area contributed by atoms with Crippen LogP contribution in [0.4, 0.5) is 5.69 Å². The number of anilines is 1. The second kappa shape index (κ2) is 6.10. The number of methoxy groups -OCH3 is 1. The molecule has 0 aliphatic carbocycles. The molecule has 0 N–H and O–H groups in total. The Balaban J connectivity index is 1.69. The lowest BCUT2D eigenvalue weighted by Gasteiger charge is -2.18. The first kappa shape index (κ1) is 14.4. The summed E-state index contributed by atoms with van der Waals surface area (Å²) in [7, 11) is 1.60. The van der Waals surface area contributed by atoms with Crippen LogP contribution in [0.25, 0.3) is 0 Å². The molecule has 0 saturated heterocycles. The molecule has 1 heterocycles. The second-order valence-corrected chi connectivity index (χ2v) is 5.37. The summed E-state index contributed by atoms with van der Waals surface area (Å²) >= 11 is 0. The van der Waals surface area contributed by atoms with Crippen molar-refractivity contribution in [1.82, 2.24) is 0 Å². The summed E-state index contributed by atoms with van der Waals surface area (Å²) < 4.78 is 10.9. The number of amides is 1. The van der Waals surface area contributed by atoms with Gasteiger partial charge in [-0.05, 0) is 42.7 Å². The highest BCUT2D eigenvalue weighted by molar-refractivity contribution is 5.96. The summed E-state index contributed by atoms with van der Waals surface area (Å²) in [4.78, 5) is 14.2. The van der Waals surface area contributed by atoms with Crippen molar-refractivity contribution in [2.45, 2.75) is 13.3 Å². The number of carbonyl (C=O) groups is 1. The van der Waals surface area contributed by atoms with Crippen LogP contribution in [0, 0.1) is 6.92 Å². The molecule has 4 nitrogen and oxygen atoms in total. The van der Waals surface area contributed by atoms with Crippen molar-refractivity contribution in [3.05, 3.63) is 53.6 Å².